The van der Waals surface area contributed by atoms with Gasteiger partial charge in [0.1, 0.15) is 5.76 Å². The van der Waals surface area contributed by atoms with E-state index >= 15 is 0 Å². The summed E-state index contributed by atoms with van der Waals surface area (Å²) in [6.45, 7) is 2.44. The van der Waals surface area contributed by atoms with Crippen LogP contribution < -0.4 is 10.6 Å². The molecular weight excluding hydrogens is 278 g/mol. The molecule has 2 N–H and O–H groups in total. The van der Waals surface area contributed by atoms with Gasteiger partial charge in [-0.25, -0.2) is 0 Å². The van der Waals surface area contributed by atoms with E-state index in [0.717, 1.165) is 50.7 Å². The molecule has 1 aliphatic heterocycles. The molecule has 1 aromatic heterocycles. The van der Waals surface area contributed by atoms with E-state index in [1.807, 2.05) is 12.1 Å². The predicted octanol–water partition coefficient (Wildman–Crippen LogP) is 2.48. The highest BCUT2D eigenvalue weighted by molar-refractivity contribution is 5.80. The summed E-state index contributed by atoms with van der Waals surface area (Å²) in [5.74, 6) is 1.96. The van der Waals surface area contributed by atoms with E-state index in [4.69, 9.17) is 14.1 Å². The van der Waals surface area contributed by atoms with Crippen molar-refractivity contribution in [1.29, 1.82) is 0 Å². The Balaban J connectivity index is 1.53. The molecule has 1 saturated heterocycles. The van der Waals surface area contributed by atoms with Crippen molar-refractivity contribution < 1.29 is 9.15 Å². The topological polar surface area (TPSA) is 58.8 Å². The number of rotatable bonds is 5. The second kappa shape index (κ2) is 8.22. The molecule has 0 spiro atoms. The molecule has 122 valence electrons. The van der Waals surface area contributed by atoms with Crippen LogP contribution in [0, 0.1) is 0 Å². The van der Waals surface area contributed by atoms with Crippen molar-refractivity contribution in [1.82, 2.24) is 10.6 Å². The van der Waals surface area contributed by atoms with Gasteiger partial charge in [-0.15, -0.1) is 0 Å². The third-order valence-corrected chi connectivity index (χ3v) is 4.47. The van der Waals surface area contributed by atoms with Crippen LogP contribution in [0.1, 0.15) is 44.3 Å². The molecule has 5 heteroatoms. The van der Waals surface area contributed by atoms with Gasteiger partial charge in [0.2, 0.25) is 0 Å². The summed E-state index contributed by atoms with van der Waals surface area (Å²) < 4.78 is 10.8. The van der Waals surface area contributed by atoms with Crippen molar-refractivity contribution in [2.24, 2.45) is 4.99 Å². The number of hydrogen-bond donors (Lipinski definition) is 2. The first-order valence-corrected chi connectivity index (χ1v) is 8.58. The number of hydrogen-bond acceptors (Lipinski definition) is 3. The van der Waals surface area contributed by atoms with Gasteiger partial charge in [-0.2, -0.15) is 0 Å². The van der Waals surface area contributed by atoms with Crippen LogP contribution in [0.2, 0.25) is 0 Å². The van der Waals surface area contributed by atoms with Crippen molar-refractivity contribution in [2.45, 2.75) is 57.0 Å². The van der Waals surface area contributed by atoms with Crippen LogP contribution in [0.3, 0.4) is 0 Å². The maximum Gasteiger partial charge on any atom is 0.191 e. The average Bonchev–Trinajstić information content (AvgIpc) is 3.22. The highest BCUT2D eigenvalue weighted by Gasteiger charge is 2.19. The molecule has 0 atom stereocenters. The predicted molar refractivity (Wildman–Crippen MR) is 87.1 cm³/mol. The lowest BCUT2D eigenvalue weighted by Gasteiger charge is -2.26. The number of aliphatic imine (C=N–C) groups is 1. The van der Waals surface area contributed by atoms with Crippen molar-refractivity contribution in [3.8, 4) is 0 Å². The van der Waals surface area contributed by atoms with Crippen LogP contribution in [-0.4, -0.2) is 37.8 Å². The highest BCUT2D eigenvalue weighted by Crippen LogP contribution is 2.17. The van der Waals surface area contributed by atoms with Gasteiger partial charge in [0.15, 0.2) is 5.96 Å². The second-order valence-corrected chi connectivity index (χ2v) is 6.22. The van der Waals surface area contributed by atoms with Gasteiger partial charge in [-0.1, -0.05) is 12.8 Å². The molecule has 3 rings (SSSR count). The fraction of sp³-hybridized carbons (Fsp3) is 0.706. The maximum absolute atomic E-state index is 5.43. The zero-order chi connectivity index (χ0) is 15.0. The van der Waals surface area contributed by atoms with Gasteiger partial charge in [-0.3, -0.25) is 4.99 Å². The number of guanidine groups is 1. The van der Waals surface area contributed by atoms with Gasteiger partial charge in [-0.05, 0) is 37.8 Å². The van der Waals surface area contributed by atoms with E-state index < -0.39 is 0 Å². The lowest BCUT2D eigenvalue weighted by Crippen LogP contribution is -2.48. The standard InChI is InChI=1S/C17H27N3O2/c1-2-5-14(4-1)19-17(20-15-8-12-21-13-9-15)18-10-7-16-6-3-11-22-16/h3,6,11,14-15H,1-2,4-5,7-10,12-13H2,(H2,18,19,20). The van der Waals surface area contributed by atoms with Crippen LogP contribution in [0.25, 0.3) is 0 Å². The van der Waals surface area contributed by atoms with Crippen LogP contribution >= 0.6 is 0 Å². The smallest absolute Gasteiger partial charge is 0.191 e. The first-order chi connectivity index (χ1) is 10.9. The molecule has 2 aliphatic rings. The molecule has 0 amide bonds. The summed E-state index contributed by atoms with van der Waals surface area (Å²) in [6, 6.07) is 4.99. The van der Waals surface area contributed by atoms with Crippen LogP contribution in [-0.2, 0) is 11.2 Å². The van der Waals surface area contributed by atoms with E-state index in [1.54, 1.807) is 6.26 Å². The molecule has 2 heterocycles. The summed E-state index contributed by atoms with van der Waals surface area (Å²) in [4.78, 5) is 4.75. The Morgan fingerprint density at radius 3 is 2.50 bits per heavy atom. The fourth-order valence-corrected chi connectivity index (χ4v) is 3.16. The average molecular weight is 305 g/mol. The number of ether oxygens (including phenoxy) is 1. The van der Waals surface area contributed by atoms with E-state index in [-0.39, 0.29) is 0 Å². The summed E-state index contributed by atoms with van der Waals surface area (Å²) in [5, 5.41) is 7.20. The van der Waals surface area contributed by atoms with E-state index in [1.165, 1.54) is 25.7 Å². The van der Waals surface area contributed by atoms with E-state index in [2.05, 4.69) is 10.6 Å². The molecule has 0 aromatic carbocycles. The van der Waals surface area contributed by atoms with Crippen molar-refractivity contribution in [2.75, 3.05) is 19.8 Å². The lowest BCUT2D eigenvalue weighted by atomic mass is 10.1. The first-order valence-electron chi connectivity index (χ1n) is 8.58. The normalized spacial score (nSPS) is 21.2. The summed E-state index contributed by atoms with van der Waals surface area (Å²) in [6.07, 6.45) is 9.85. The van der Waals surface area contributed by atoms with Crippen molar-refractivity contribution in [3.05, 3.63) is 24.2 Å². The molecule has 1 saturated carbocycles. The fourth-order valence-electron chi connectivity index (χ4n) is 3.16. The Kier molecular flexibility index (Phi) is 5.76. The Hall–Kier alpha value is -1.49. The lowest BCUT2D eigenvalue weighted by molar-refractivity contribution is 0.0822. The quantitative estimate of drug-likeness (QED) is 0.648. The largest absolute Gasteiger partial charge is 0.469 e. The number of furan rings is 1. The molecule has 0 unspecified atom stereocenters. The molecule has 0 bridgehead atoms. The zero-order valence-corrected chi connectivity index (χ0v) is 13.2. The third-order valence-electron chi connectivity index (χ3n) is 4.47. The molecule has 0 radical (unpaired) electrons. The maximum atomic E-state index is 5.43. The molecule has 5 nitrogen and oxygen atoms in total. The molecule has 1 aliphatic carbocycles. The Morgan fingerprint density at radius 2 is 1.82 bits per heavy atom. The van der Waals surface area contributed by atoms with Gasteiger partial charge in [0, 0.05) is 38.3 Å². The third kappa shape index (κ3) is 4.77. The molecule has 1 aromatic rings. The first kappa shape index (κ1) is 15.4. The molecule has 22 heavy (non-hydrogen) atoms. The summed E-state index contributed by atoms with van der Waals surface area (Å²) in [7, 11) is 0. The van der Waals surface area contributed by atoms with Crippen LogP contribution in [0.4, 0.5) is 0 Å². The summed E-state index contributed by atoms with van der Waals surface area (Å²) in [5.41, 5.74) is 0. The van der Waals surface area contributed by atoms with Gasteiger partial charge >= 0.3 is 0 Å². The molecular formula is C17H27N3O2. The van der Waals surface area contributed by atoms with Crippen LogP contribution in [0.5, 0.6) is 0 Å². The zero-order valence-electron chi connectivity index (χ0n) is 13.2. The Morgan fingerprint density at radius 1 is 1.09 bits per heavy atom. The van der Waals surface area contributed by atoms with Gasteiger partial charge in [0.25, 0.3) is 0 Å². The van der Waals surface area contributed by atoms with Gasteiger partial charge < -0.3 is 19.8 Å². The molecule has 2 fully saturated rings. The van der Waals surface area contributed by atoms with Gasteiger partial charge in [0.05, 0.1) is 6.26 Å². The van der Waals surface area contributed by atoms with Crippen LogP contribution in [0.15, 0.2) is 27.8 Å². The minimum absolute atomic E-state index is 0.477. The number of nitrogens with one attached hydrogen (secondary N) is 2. The monoisotopic (exact) mass is 305 g/mol. The minimum Gasteiger partial charge on any atom is -0.469 e. The Labute approximate surface area is 132 Å². The Bertz CT molecular complexity index is 446. The SMILES string of the molecule is c1coc(CCN=C(NC2CCCC2)NC2CCOCC2)c1. The summed E-state index contributed by atoms with van der Waals surface area (Å²) >= 11 is 0. The minimum atomic E-state index is 0.477. The highest BCUT2D eigenvalue weighted by atomic mass is 16.5. The van der Waals surface area contributed by atoms with E-state index in [9.17, 15) is 0 Å². The number of nitrogens with zero attached hydrogens (tertiary/aromatic N) is 1. The van der Waals surface area contributed by atoms with Crippen molar-refractivity contribution >= 4 is 5.96 Å². The van der Waals surface area contributed by atoms with E-state index in [0.29, 0.717) is 12.1 Å². The van der Waals surface area contributed by atoms with Crippen molar-refractivity contribution in [3.63, 3.8) is 0 Å². The second-order valence-electron chi connectivity index (χ2n) is 6.22.